The highest BCUT2D eigenvalue weighted by atomic mass is 32.1. The van der Waals surface area contributed by atoms with Crippen LogP contribution < -0.4 is 9.47 Å². The summed E-state index contributed by atoms with van der Waals surface area (Å²) in [5.74, 6) is 1.45. The van der Waals surface area contributed by atoms with E-state index in [9.17, 15) is 0 Å². The van der Waals surface area contributed by atoms with Crippen LogP contribution in [-0.4, -0.2) is 19.2 Å². The van der Waals surface area contributed by atoms with E-state index in [4.69, 9.17) is 14.5 Å². The van der Waals surface area contributed by atoms with Gasteiger partial charge >= 0.3 is 0 Å². The van der Waals surface area contributed by atoms with Crippen molar-refractivity contribution in [2.45, 2.75) is 13.8 Å². The average Bonchev–Trinajstić information content (AvgIpc) is 3.12. The Balaban J connectivity index is 1.99. The quantitative estimate of drug-likeness (QED) is 0.660. The Kier molecular flexibility index (Phi) is 4.18. The fraction of sp³-hybridized carbons (Fsp3) is 0.235. The Morgan fingerprint density at radius 2 is 1.77 bits per heavy atom. The molecule has 0 radical (unpaired) electrons. The number of hydrogen-bond acceptors (Lipinski definition) is 5. The van der Waals surface area contributed by atoms with Crippen LogP contribution in [0.3, 0.4) is 0 Å². The number of aromatic nitrogens is 1. The molecule has 0 unspecified atom stereocenters. The van der Waals surface area contributed by atoms with E-state index in [1.54, 1.807) is 25.6 Å². The maximum atomic E-state index is 5.36. The largest absolute Gasteiger partial charge is 0.493 e. The summed E-state index contributed by atoms with van der Waals surface area (Å²) in [5.41, 5.74) is 3.23. The smallest absolute Gasteiger partial charge is 0.161 e. The summed E-state index contributed by atoms with van der Waals surface area (Å²) in [6, 6.07) is 8.08. The van der Waals surface area contributed by atoms with E-state index < -0.39 is 0 Å². The van der Waals surface area contributed by atoms with E-state index in [0.29, 0.717) is 0 Å². The lowest BCUT2D eigenvalue weighted by molar-refractivity contribution is 0.355. The lowest BCUT2D eigenvalue weighted by atomic mass is 10.1. The number of nitrogens with zero attached hydrogens (tertiary/aromatic N) is 1. The second-order valence-corrected chi connectivity index (χ2v) is 7.25. The first kappa shape index (κ1) is 15.1. The monoisotopic (exact) mass is 331 g/mol. The topological polar surface area (TPSA) is 31.4 Å². The molecule has 2 heterocycles. The molecule has 114 valence electrons. The van der Waals surface area contributed by atoms with Crippen molar-refractivity contribution in [1.29, 1.82) is 0 Å². The van der Waals surface area contributed by atoms with Crippen molar-refractivity contribution in [3.05, 3.63) is 39.4 Å². The van der Waals surface area contributed by atoms with E-state index in [1.807, 2.05) is 29.5 Å². The van der Waals surface area contributed by atoms with Crippen LogP contribution in [0.1, 0.15) is 9.75 Å². The van der Waals surface area contributed by atoms with Gasteiger partial charge in [0.1, 0.15) is 5.01 Å². The molecule has 2 aromatic heterocycles. The number of ether oxygens (including phenoxy) is 2. The first-order valence-corrected chi connectivity index (χ1v) is 8.57. The van der Waals surface area contributed by atoms with Gasteiger partial charge < -0.3 is 9.47 Å². The van der Waals surface area contributed by atoms with Crippen molar-refractivity contribution in [3.8, 4) is 33.3 Å². The molecule has 3 aromatic rings. The Labute approximate surface area is 138 Å². The van der Waals surface area contributed by atoms with Crippen LogP contribution in [0.15, 0.2) is 29.6 Å². The molecule has 0 N–H and O–H groups in total. The molecule has 0 bridgehead atoms. The maximum Gasteiger partial charge on any atom is 0.161 e. The van der Waals surface area contributed by atoms with Gasteiger partial charge in [-0.2, -0.15) is 0 Å². The Bertz CT molecular complexity index is 805. The van der Waals surface area contributed by atoms with Gasteiger partial charge in [0.05, 0.1) is 19.9 Å². The third-order valence-electron chi connectivity index (χ3n) is 3.45. The molecule has 3 rings (SSSR count). The van der Waals surface area contributed by atoms with Gasteiger partial charge in [0.2, 0.25) is 0 Å². The highest BCUT2D eigenvalue weighted by Crippen LogP contribution is 2.37. The molecule has 5 heteroatoms. The summed E-state index contributed by atoms with van der Waals surface area (Å²) in [4.78, 5) is 7.41. The van der Waals surface area contributed by atoms with Crippen LogP contribution in [0.4, 0.5) is 0 Å². The second-order valence-electron chi connectivity index (χ2n) is 4.93. The fourth-order valence-electron chi connectivity index (χ4n) is 2.37. The van der Waals surface area contributed by atoms with Crippen molar-refractivity contribution in [2.24, 2.45) is 0 Å². The lowest BCUT2D eigenvalue weighted by Gasteiger charge is -2.08. The van der Waals surface area contributed by atoms with E-state index in [2.05, 4.69) is 25.3 Å². The van der Waals surface area contributed by atoms with Gasteiger partial charge in [0.25, 0.3) is 0 Å². The van der Waals surface area contributed by atoms with Crippen molar-refractivity contribution in [2.75, 3.05) is 14.2 Å². The molecular weight excluding hydrogens is 314 g/mol. The van der Waals surface area contributed by atoms with Crippen molar-refractivity contribution >= 4 is 22.7 Å². The Morgan fingerprint density at radius 1 is 1.00 bits per heavy atom. The van der Waals surface area contributed by atoms with Crippen molar-refractivity contribution in [3.63, 3.8) is 0 Å². The molecule has 1 aromatic carbocycles. The molecule has 0 atom stereocenters. The first-order valence-electron chi connectivity index (χ1n) is 6.87. The van der Waals surface area contributed by atoms with E-state index in [0.717, 1.165) is 27.8 Å². The van der Waals surface area contributed by atoms with E-state index >= 15 is 0 Å². The lowest BCUT2D eigenvalue weighted by Crippen LogP contribution is -1.90. The third-order valence-corrected chi connectivity index (χ3v) is 5.30. The van der Waals surface area contributed by atoms with Gasteiger partial charge in [-0.1, -0.05) is 0 Å². The van der Waals surface area contributed by atoms with Gasteiger partial charge in [-0.3, -0.25) is 0 Å². The molecule has 0 saturated heterocycles. The molecule has 0 fully saturated rings. The van der Waals surface area contributed by atoms with Gasteiger partial charge in [-0.15, -0.1) is 22.7 Å². The second kappa shape index (κ2) is 6.10. The minimum atomic E-state index is 0.720. The first-order chi connectivity index (χ1) is 10.6. The maximum absolute atomic E-state index is 5.36. The summed E-state index contributed by atoms with van der Waals surface area (Å²) in [6.45, 7) is 4.27. The number of rotatable bonds is 4. The standard InChI is InChI=1S/C17H17NO2S2/c1-10-7-13(11(2)22-10)17-18-14(9-21-17)12-5-6-15(19-3)16(8-12)20-4/h5-9H,1-4H3. The summed E-state index contributed by atoms with van der Waals surface area (Å²) in [7, 11) is 3.28. The molecule has 0 spiro atoms. The molecule has 0 aliphatic heterocycles. The fourth-order valence-corrected chi connectivity index (χ4v) is 4.26. The van der Waals surface area contributed by atoms with E-state index in [-0.39, 0.29) is 0 Å². The summed E-state index contributed by atoms with van der Waals surface area (Å²) < 4.78 is 10.6. The average molecular weight is 331 g/mol. The zero-order valence-electron chi connectivity index (χ0n) is 13.0. The van der Waals surface area contributed by atoms with Crippen molar-refractivity contribution < 1.29 is 9.47 Å². The SMILES string of the molecule is COc1ccc(-c2csc(-c3cc(C)sc3C)n2)cc1OC. The molecule has 0 aliphatic carbocycles. The molecule has 3 nitrogen and oxygen atoms in total. The van der Waals surface area contributed by atoms with Gasteiger partial charge in [0, 0.05) is 26.3 Å². The van der Waals surface area contributed by atoms with Crippen LogP contribution in [0, 0.1) is 13.8 Å². The zero-order chi connectivity index (χ0) is 15.7. The molecule has 0 aliphatic rings. The Morgan fingerprint density at radius 3 is 2.41 bits per heavy atom. The van der Waals surface area contributed by atoms with Crippen LogP contribution >= 0.6 is 22.7 Å². The van der Waals surface area contributed by atoms with Gasteiger partial charge in [-0.05, 0) is 38.1 Å². The summed E-state index contributed by atoms with van der Waals surface area (Å²) in [6.07, 6.45) is 0. The third kappa shape index (κ3) is 2.74. The highest BCUT2D eigenvalue weighted by Gasteiger charge is 2.13. The van der Waals surface area contributed by atoms with Gasteiger partial charge in [0.15, 0.2) is 11.5 Å². The van der Waals surface area contributed by atoms with Crippen LogP contribution in [0.25, 0.3) is 21.8 Å². The van der Waals surface area contributed by atoms with Crippen molar-refractivity contribution in [1.82, 2.24) is 4.98 Å². The molecule has 0 amide bonds. The summed E-state index contributed by atoms with van der Waals surface area (Å²) >= 11 is 3.48. The number of methoxy groups -OCH3 is 2. The van der Waals surface area contributed by atoms with Crippen LogP contribution in [0.2, 0.25) is 0 Å². The number of thiazole rings is 1. The molecule has 22 heavy (non-hydrogen) atoms. The predicted molar refractivity (Wildman–Crippen MR) is 93.4 cm³/mol. The number of thiophene rings is 1. The number of aryl methyl sites for hydroxylation is 2. The molecular formula is C17H17NO2S2. The van der Waals surface area contributed by atoms with E-state index in [1.165, 1.54) is 15.3 Å². The highest BCUT2D eigenvalue weighted by molar-refractivity contribution is 7.15. The number of hydrogen-bond donors (Lipinski definition) is 0. The molecule has 0 saturated carbocycles. The normalized spacial score (nSPS) is 10.7. The minimum Gasteiger partial charge on any atom is -0.493 e. The number of benzene rings is 1. The predicted octanol–water partition coefficient (Wildman–Crippen LogP) is 5.17. The van der Waals surface area contributed by atoms with Gasteiger partial charge in [-0.25, -0.2) is 4.98 Å². The van der Waals surface area contributed by atoms with Crippen LogP contribution in [-0.2, 0) is 0 Å². The zero-order valence-corrected chi connectivity index (χ0v) is 14.6. The summed E-state index contributed by atoms with van der Waals surface area (Å²) in [5, 5.41) is 3.15. The van der Waals surface area contributed by atoms with Crippen LogP contribution in [0.5, 0.6) is 11.5 Å². The minimum absolute atomic E-state index is 0.720. The Hall–Kier alpha value is -1.85.